The molecular formula is C23H23N3O4. The summed E-state index contributed by atoms with van der Waals surface area (Å²) >= 11 is 0. The maximum absolute atomic E-state index is 13.0. The topological polar surface area (TPSA) is 84.7 Å². The van der Waals surface area contributed by atoms with Crippen molar-refractivity contribution in [3.05, 3.63) is 99.6 Å². The molecule has 1 N–H and O–H groups in total. The highest BCUT2D eigenvalue weighted by molar-refractivity contribution is 5.96. The number of carbonyl (C=O) groups excluding carboxylic acids is 1. The van der Waals surface area contributed by atoms with E-state index in [1.165, 1.54) is 6.07 Å². The molecule has 3 rings (SSSR count). The van der Waals surface area contributed by atoms with Crippen molar-refractivity contribution < 1.29 is 14.5 Å². The Balaban J connectivity index is 1.95. The summed E-state index contributed by atoms with van der Waals surface area (Å²) in [5.41, 5.74) is 2.31. The minimum atomic E-state index is -0.482. The van der Waals surface area contributed by atoms with Gasteiger partial charge in [0.05, 0.1) is 18.1 Å². The van der Waals surface area contributed by atoms with Crippen LogP contribution in [0.5, 0.6) is 5.75 Å². The third-order valence-electron chi connectivity index (χ3n) is 4.77. The van der Waals surface area contributed by atoms with Gasteiger partial charge in [0.1, 0.15) is 11.4 Å². The molecule has 1 atom stereocenters. The SMILES string of the molecule is COc1ccc(C(NC(=O)c2ccc(N(C)C)c([N+](=O)[O-])c2)c2ccccc2)cc1. The van der Waals surface area contributed by atoms with Gasteiger partial charge in [0, 0.05) is 25.7 Å². The fourth-order valence-electron chi connectivity index (χ4n) is 3.20. The first-order valence-corrected chi connectivity index (χ1v) is 9.36. The Hall–Kier alpha value is -3.87. The Morgan fingerprint density at radius 2 is 1.63 bits per heavy atom. The number of hydrogen-bond acceptors (Lipinski definition) is 5. The van der Waals surface area contributed by atoms with Crippen molar-refractivity contribution in [3.63, 3.8) is 0 Å². The van der Waals surface area contributed by atoms with E-state index in [0.717, 1.165) is 11.1 Å². The Kier molecular flexibility index (Phi) is 6.32. The molecular weight excluding hydrogens is 382 g/mol. The van der Waals surface area contributed by atoms with Gasteiger partial charge >= 0.3 is 0 Å². The molecule has 1 unspecified atom stereocenters. The average molecular weight is 405 g/mol. The minimum Gasteiger partial charge on any atom is -0.497 e. The summed E-state index contributed by atoms with van der Waals surface area (Å²) < 4.78 is 5.22. The fraction of sp³-hybridized carbons (Fsp3) is 0.174. The van der Waals surface area contributed by atoms with E-state index in [1.54, 1.807) is 38.2 Å². The molecule has 0 saturated heterocycles. The van der Waals surface area contributed by atoms with Gasteiger partial charge in [0.2, 0.25) is 0 Å². The van der Waals surface area contributed by atoms with E-state index in [9.17, 15) is 14.9 Å². The first-order valence-electron chi connectivity index (χ1n) is 9.36. The number of amides is 1. The van der Waals surface area contributed by atoms with E-state index in [2.05, 4.69) is 5.32 Å². The number of nitro benzene ring substituents is 1. The smallest absolute Gasteiger partial charge is 0.293 e. The molecule has 7 nitrogen and oxygen atoms in total. The lowest BCUT2D eigenvalue weighted by Crippen LogP contribution is -2.29. The molecule has 0 aromatic heterocycles. The molecule has 0 aliphatic carbocycles. The molecule has 154 valence electrons. The van der Waals surface area contributed by atoms with Crippen LogP contribution in [0.25, 0.3) is 0 Å². The second-order valence-electron chi connectivity index (χ2n) is 6.95. The summed E-state index contributed by atoms with van der Waals surface area (Å²) in [6.07, 6.45) is 0. The van der Waals surface area contributed by atoms with Gasteiger partial charge in [-0.2, -0.15) is 0 Å². The van der Waals surface area contributed by atoms with Gasteiger partial charge in [-0.1, -0.05) is 42.5 Å². The Labute approximate surface area is 175 Å². The summed E-state index contributed by atoms with van der Waals surface area (Å²) in [4.78, 5) is 25.6. The monoisotopic (exact) mass is 405 g/mol. The molecule has 0 spiro atoms. The third-order valence-corrected chi connectivity index (χ3v) is 4.77. The summed E-state index contributed by atoms with van der Waals surface area (Å²) in [6, 6.07) is 21.0. The van der Waals surface area contributed by atoms with Crippen molar-refractivity contribution in [1.82, 2.24) is 5.32 Å². The molecule has 0 radical (unpaired) electrons. The zero-order valence-electron chi connectivity index (χ0n) is 17.0. The number of nitrogens with one attached hydrogen (secondary N) is 1. The molecule has 0 fully saturated rings. The van der Waals surface area contributed by atoms with Crippen LogP contribution in [-0.4, -0.2) is 32.0 Å². The molecule has 0 aliphatic heterocycles. The van der Waals surface area contributed by atoms with E-state index in [0.29, 0.717) is 11.4 Å². The zero-order valence-corrected chi connectivity index (χ0v) is 17.0. The van der Waals surface area contributed by atoms with E-state index in [4.69, 9.17) is 4.74 Å². The van der Waals surface area contributed by atoms with Gasteiger partial charge in [-0.05, 0) is 35.4 Å². The summed E-state index contributed by atoms with van der Waals surface area (Å²) in [7, 11) is 5.03. The number of hydrogen-bond donors (Lipinski definition) is 1. The first kappa shape index (κ1) is 20.9. The van der Waals surface area contributed by atoms with E-state index >= 15 is 0 Å². The maximum Gasteiger partial charge on any atom is 0.293 e. The molecule has 30 heavy (non-hydrogen) atoms. The van der Waals surface area contributed by atoms with Crippen LogP contribution in [0.3, 0.4) is 0 Å². The third kappa shape index (κ3) is 4.57. The number of methoxy groups -OCH3 is 1. The normalized spacial score (nSPS) is 11.4. The highest BCUT2D eigenvalue weighted by Gasteiger charge is 2.22. The zero-order chi connectivity index (χ0) is 21.7. The molecule has 0 aliphatic rings. The van der Waals surface area contributed by atoms with Crippen molar-refractivity contribution in [1.29, 1.82) is 0 Å². The Morgan fingerprint density at radius 1 is 1.00 bits per heavy atom. The number of carbonyl (C=O) groups is 1. The lowest BCUT2D eigenvalue weighted by Gasteiger charge is -2.20. The van der Waals surface area contributed by atoms with Crippen molar-refractivity contribution in [2.75, 3.05) is 26.1 Å². The van der Waals surface area contributed by atoms with Gasteiger partial charge < -0.3 is 15.0 Å². The summed E-state index contributed by atoms with van der Waals surface area (Å²) in [5, 5.41) is 14.5. The van der Waals surface area contributed by atoms with Gasteiger partial charge in [0.15, 0.2) is 0 Å². The van der Waals surface area contributed by atoms with Gasteiger partial charge in [-0.3, -0.25) is 14.9 Å². The summed E-state index contributed by atoms with van der Waals surface area (Å²) in [5.74, 6) is 0.319. The lowest BCUT2D eigenvalue weighted by atomic mass is 9.98. The quantitative estimate of drug-likeness (QED) is 0.471. The van der Waals surface area contributed by atoms with E-state index in [1.807, 2.05) is 54.6 Å². The lowest BCUT2D eigenvalue weighted by molar-refractivity contribution is -0.384. The van der Waals surface area contributed by atoms with Gasteiger partial charge in [0.25, 0.3) is 11.6 Å². The highest BCUT2D eigenvalue weighted by Crippen LogP contribution is 2.29. The van der Waals surface area contributed by atoms with Crippen molar-refractivity contribution in [3.8, 4) is 5.75 Å². The molecule has 3 aromatic carbocycles. The number of nitro groups is 1. The number of benzene rings is 3. The van der Waals surface area contributed by atoms with Crippen molar-refractivity contribution >= 4 is 17.3 Å². The minimum absolute atomic E-state index is 0.117. The highest BCUT2D eigenvalue weighted by atomic mass is 16.6. The van der Waals surface area contributed by atoms with Crippen LogP contribution in [0.1, 0.15) is 27.5 Å². The van der Waals surface area contributed by atoms with Crippen LogP contribution >= 0.6 is 0 Å². The molecule has 0 bridgehead atoms. The number of ether oxygens (including phenoxy) is 1. The Morgan fingerprint density at radius 3 is 2.20 bits per heavy atom. The molecule has 3 aromatic rings. The number of anilines is 1. The van der Waals surface area contributed by atoms with Crippen LogP contribution in [0.4, 0.5) is 11.4 Å². The van der Waals surface area contributed by atoms with Crippen molar-refractivity contribution in [2.24, 2.45) is 0 Å². The summed E-state index contributed by atoms with van der Waals surface area (Å²) in [6.45, 7) is 0. The number of nitrogens with zero attached hydrogens (tertiary/aromatic N) is 2. The number of rotatable bonds is 7. The largest absolute Gasteiger partial charge is 0.497 e. The maximum atomic E-state index is 13.0. The Bertz CT molecular complexity index is 1030. The van der Waals surface area contributed by atoms with Crippen LogP contribution in [0, 0.1) is 10.1 Å². The molecule has 7 heteroatoms. The second kappa shape index (κ2) is 9.09. The standard InChI is InChI=1S/C23H23N3O4/c1-25(2)20-14-11-18(15-21(20)26(28)29)23(27)24-22(16-7-5-4-6-8-16)17-9-12-19(30-3)13-10-17/h4-15,22H,1-3H3,(H,24,27). The van der Waals surface area contributed by atoms with E-state index in [-0.39, 0.29) is 11.3 Å². The van der Waals surface area contributed by atoms with E-state index < -0.39 is 16.9 Å². The van der Waals surface area contributed by atoms with Crippen LogP contribution < -0.4 is 15.0 Å². The van der Waals surface area contributed by atoms with Crippen LogP contribution in [0.15, 0.2) is 72.8 Å². The average Bonchev–Trinajstić information content (AvgIpc) is 2.77. The predicted molar refractivity (Wildman–Crippen MR) is 116 cm³/mol. The molecule has 0 heterocycles. The molecule has 1 amide bonds. The fourth-order valence-corrected chi connectivity index (χ4v) is 3.20. The van der Waals surface area contributed by atoms with Crippen LogP contribution in [0.2, 0.25) is 0 Å². The predicted octanol–water partition coefficient (Wildman–Crippen LogP) is 4.19. The second-order valence-corrected chi connectivity index (χ2v) is 6.95. The van der Waals surface area contributed by atoms with Crippen LogP contribution in [-0.2, 0) is 0 Å². The van der Waals surface area contributed by atoms with Gasteiger partial charge in [-0.25, -0.2) is 0 Å². The molecule has 0 saturated carbocycles. The first-order chi connectivity index (χ1) is 14.4. The van der Waals surface area contributed by atoms with Crippen molar-refractivity contribution in [2.45, 2.75) is 6.04 Å². The van der Waals surface area contributed by atoms with Gasteiger partial charge in [-0.15, -0.1) is 0 Å².